The van der Waals surface area contributed by atoms with Crippen molar-refractivity contribution in [1.29, 1.82) is 0 Å². The molecule has 1 N–H and O–H groups in total. The molecule has 126 valence electrons. The number of nitrogens with one attached hydrogen (secondary N) is 1. The van der Waals surface area contributed by atoms with Crippen LogP contribution in [0.15, 0.2) is 44.9 Å². The van der Waals surface area contributed by atoms with Crippen LogP contribution in [0, 0.1) is 0 Å². The van der Waals surface area contributed by atoms with Crippen molar-refractivity contribution in [1.82, 2.24) is 9.47 Å². The number of benzene rings is 1. The molecule has 0 fully saturated rings. The van der Waals surface area contributed by atoms with Gasteiger partial charge in [0.05, 0.1) is 18.1 Å². The standard InChI is InChI=1S/C17H19N3O3S/c1-11(15-5-4-8-24-15)19(2)16(21)10-18-12-6-7-14-13(9-12)20(3)17(22)23-14/h4-9,11,18H,10H2,1-3H3/t11-/m1/s1. The van der Waals surface area contributed by atoms with Crippen molar-refractivity contribution in [3.8, 4) is 0 Å². The number of fused-ring (bicyclic) bond motifs is 1. The Hall–Kier alpha value is -2.54. The van der Waals surface area contributed by atoms with Crippen LogP contribution in [-0.2, 0) is 11.8 Å². The Kier molecular flexibility index (Phi) is 4.44. The van der Waals surface area contributed by atoms with Crippen LogP contribution in [-0.4, -0.2) is 29.0 Å². The molecule has 0 bridgehead atoms. The molecule has 1 amide bonds. The number of thiophene rings is 1. The Morgan fingerprint density at radius 3 is 2.92 bits per heavy atom. The lowest BCUT2D eigenvalue weighted by molar-refractivity contribution is -0.129. The van der Waals surface area contributed by atoms with E-state index in [1.54, 1.807) is 48.5 Å². The van der Waals surface area contributed by atoms with E-state index in [4.69, 9.17) is 4.42 Å². The molecule has 0 radical (unpaired) electrons. The van der Waals surface area contributed by atoms with Gasteiger partial charge in [0, 0.05) is 24.7 Å². The predicted octanol–water partition coefficient (Wildman–Crippen LogP) is 2.82. The number of carbonyl (C=O) groups is 1. The SMILES string of the molecule is C[C@H](c1cccs1)N(C)C(=O)CNc1ccc2oc(=O)n(C)c2c1. The summed E-state index contributed by atoms with van der Waals surface area (Å²) in [5.74, 6) is -0.403. The number of rotatable bonds is 5. The first-order valence-electron chi connectivity index (χ1n) is 7.60. The Morgan fingerprint density at radius 2 is 2.21 bits per heavy atom. The molecule has 6 nitrogen and oxygen atoms in total. The first kappa shape index (κ1) is 16.3. The van der Waals surface area contributed by atoms with Gasteiger partial charge in [-0.05, 0) is 36.6 Å². The fraction of sp³-hybridized carbons (Fsp3) is 0.294. The van der Waals surface area contributed by atoms with Gasteiger partial charge in [-0.3, -0.25) is 9.36 Å². The summed E-state index contributed by atoms with van der Waals surface area (Å²) in [5.41, 5.74) is 1.99. The molecule has 24 heavy (non-hydrogen) atoms. The minimum Gasteiger partial charge on any atom is -0.408 e. The molecule has 1 aromatic carbocycles. The van der Waals surface area contributed by atoms with Crippen LogP contribution >= 0.6 is 11.3 Å². The number of carbonyl (C=O) groups excluding carboxylic acids is 1. The van der Waals surface area contributed by atoms with Crippen LogP contribution in [0.5, 0.6) is 0 Å². The lowest BCUT2D eigenvalue weighted by atomic mass is 10.2. The van der Waals surface area contributed by atoms with Crippen LogP contribution in [0.25, 0.3) is 11.1 Å². The van der Waals surface area contributed by atoms with Gasteiger partial charge in [0.1, 0.15) is 0 Å². The molecule has 3 aromatic rings. The lowest BCUT2D eigenvalue weighted by Gasteiger charge is -2.24. The Bertz CT molecular complexity index is 911. The zero-order valence-electron chi connectivity index (χ0n) is 13.8. The fourth-order valence-electron chi connectivity index (χ4n) is 2.47. The second kappa shape index (κ2) is 6.52. The Labute approximate surface area is 143 Å². The summed E-state index contributed by atoms with van der Waals surface area (Å²) in [6.07, 6.45) is 0. The summed E-state index contributed by atoms with van der Waals surface area (Å²) >= 11 is 1.64. The summed E-state index contributed by atoms with van der Waals surface area (Å²) in [4.78, 5) is 26.8. The molecule has 2 heterocycles. The molecule has 1 atom stereocenters. The Morgan fingerprint density at radius 1 is 1.42 bits per heavy atom. The summed E-state index contributed by atoms with van der Waals surface area (Å²) in [6.45, 7) is 2.19. The van der Waals surface area contributed by atoms with Gasteiger partial charge in [-0.15, -0.1) is 11.3 Å². The predicted molar refractivity (Wildman–Crippen MR) is 95.4 cm³/mol. The topological polar surface area (TPSA) is 67.5 Å². The summed E-state index contributed by atoms with van der Waals surface area (Å²) in [7, 11) is 3.46. The van der Waals surface area contributed by atoms with Gasteiger partial charge in [-0.2, -0.15) is 0 Å². The third-order valence-electron chi connectivity index (χ3n) is 4.16. The molecule has 0 unspecified atom stereocenters. The average Bonchev–Trinajstić information content (AvgIpc) is 3.21. The molecule has 2 aromatic heterocycles. The van der Waals surface area contributed by atoms with Crippen LogP contribution in [0.1, 0.15) is 17.8 Å². The number of likely N-dealkylation sites (N-methyl/N-ethyl adjacent to an activating group) is 1. The van der Waals surface area contributed by atoms with E-state index in [-0.39, 0.29) is 18.5 Å². The van der Waals surface area contributed by atoms with Crippen molar-refractivity contribution in [2.75, 3.05) is 18.9 Å². The summed E-state index contributed by atoms with van der Waals surface area (Å²) in [5, 5.41) is 5.12. The second-order valence-corrected chi connectivity index (χ2v) is 6.64. The van der Waals surface area contributed by atoms with Crippen LogP contribution in [0.4, 0.5) is 5.69 Å². The smallest absolute Gasteiger partial charge is 0.408 e. The van der Waals surface area contributed by atoms with E-state index in [1.165, 1.54) is 4.57 Å². The monoisotopic (exact) mass is 345 g/mol. The van der Waals surface area contributed by atoms with Crippen LogP contribution in [0.2, 0.25) is 0 Å². The highest BCUT2D eigenvalue weighted by atomic mass is 32.1. The molecule has 0 saturated heterocycles. The number of hydrogen-bond donors (Lipinski definition) is 1. The first-order chi connectivity index (χ1) is 11.5. The quantitative estimate of drug-likeness (QED) is 0.772. The molecule has 0 aliphatic heterocycles. The minimum absolute atomic E-state index is 0.00270. The number of aromatic nitrogens is 1. The fourth-order valence-corrected chi connectivity index (χ4v) is 3.30. The molecule has 0 aliphatic rings. The van der Waals surface area contributed by atoms with Crippen LogP contribution < -0.4 is 11.1 Å². The average molecular weight is 345 g/mol. The molecule has 0 saturated carbocycles. The summed E-state index contributed by atoms with van der Waals surface area (Å²) < 4.78 is 6.53. The minimum atomic E-state index is -0.400. The van der Waals surface area contributed by atoms with Crippen molar-refractivity contribution in [2.24, 2.45) is 7.05 Å². The van der Waals surface area contributed by atoms with Gasteiger partial charge in [-0.25, -0.2) is 4.79 Å². The second-order valence-electron chi connectivity index (χ2n) is 5.66. The maximum atomic E-state index is 12.4. The van der Waals surface area contributed by atoms with Crippen molar-refractivity contribution in [2.45, 2.75) is 13.0 Å². The molecule has 0 aliphatic carbocycles. The molecular weight excluding hydrogens is 326 g/mol. The maximum Gasteiger partial charge on any atom is 0.419 e. The molecule has 3 rings (SSSR count). The van der Waals surface area contributed by atoms with Crippen molar-refractivity contribution in [3.63, 3.8) is 0 Å². The number of oxazole rings is 1. The highest BCUT2D eigenvalue weighted by Gasteiger charge is 2.18. The van der Waals surface area contributed by atoms with Crippen molar-refractivity contribution in [3.05, 3.63) is 51.1 Å². The summed E-state index contributed by atoms with van der Waals surface area (Å²) in [6, 6.07) is 9.37. The van der Waals surface area contributed by atoms with Gasteiger partial charge in [0.2, 0.25) is 5.91 Å². The van der Waals surface area contributed by atoms with E-state index in [9.17, 15) is 9.59 Å². The molecule has 0 spiro atoms. The number of anilines is 1. The third kappa shape index (κ3) is 3.07. The van der Waals surface area contributed by atoms with E-state index >= 15 is 0 Å². The van der Waals surface area contributed by atoms with E-state index < -0.39 is 5.76 Å². The maximum absolute atomic E-state index is 12.4. The van der Waals surface area contributed by atoms with E-state index in [0.29, 0.717) is 11.1 Å². The van der Waals surface area contributed by atoms with Gasteiger partial charge in [-0.1, -0.05) is 6.07 Å². The lowest BCUT2D eigenvalue weighted by Crippen LogP contribution is -2.34. The van der Waals surface area contributed by atoms with Crippen LogP contribution in [0.3, 0.4) is 0 Å². The molecular formula is C17H19N3O3S. The zero-order valence-corrected chi connectivity index (χ0v) is 14.6. The van der Waals surface area contributed by atoms with Crippen molar-refractivity contribution < 1.29 is 9.21 Å². The Balaban J connectivity index is 1.67. The number of nitrogens with zero attached hydrogens (tertiary/aromatic N) is 2. The van der Waals surface area contributed by atoms with Gasteiger partial charge >= 0.3 is 5.76 Å². The number of aryl methyl sites for hydroxylation is 1. The highest BCUT2D eigenvalue weighted by Crippen LogP contribution is 2.23. The highest BCUT2D eigenvalue weighted by molar-refractivity contribution is 7.10. The molecule has 7 heteroatoms. The van der Waals surface area contributed by atoms with Gasteiger partial charge in [0.25, 0.3) is 0 Å². The van der Waals surface area contributed by atoms with E-state index in [1.807, 2.05) is 24.4 Å². The van der Waals surface area contributed by atoms with E-state index in [0.717, 1.165) is 10.6 Å². The number of amides is 1. The van der Waals surface area contributed by atoms with Gasteiger partial charge < -0.3 is 14.6 Å². The van der Waals surface area contributed by atoms with Gasteiger partial charge in [0.15, 0.2) is 5.58 Å². The third-order valence-corrected chi connectivity index (χ3v) is 5.21. The zero-order chi connectivity index (χ0) is 17.3. The van der Waals surface area contributed by atoms with Crippen molar-refractivity contribution >= 4 is 34.0 Å². The normalized spacial score (nSPS) is 12.3. The largest absolute Gasteiger partial charge is 0.419 e. The van der Waals surface area contributed by atoms with E-state index in [2.05, 4.69) is 5.32 Å². The first-order valence-corrected chi connectivity index (χ1v) is 8.48. The number of hydrogen-bond acceptors (Lipinski definition) is 5.